The maximum Gasteiger partial charge on any atom is 0.141 e. The Morgan fingerprint density at radius 1 is 0.447 bits per heavy atom. The van der Waals surface area contributed by atoms with Gasteiger partial charge in [-0.25, -0.2) is 4.98 Å². The molecule has 38 heavy (non-hydrogen) atoms. The molecule has 0 unspecified atom stereocenters. The second-order valence-electron chi connectivity index (χ2n) is 9.53. The van der Waals surface area contributed by atoms with E-state index in [9.17, 15) is 5.26 Å². The van der Waals surface area contributed by atoms with E-state index in [0.717, 1.165) is 16.5 Å². The fourth-order valence-corrected chi connectivity index (χ4v) is 5.61. The van der Waals surface area contributed by atoms with Crippen molar-refractivity contribution < 1.29 is 0 Å². The van der Waals surface area contributed by atoms with Crippen LogP contribution in [0.3, 0.4) is 0 Å². The van der Waals surface area contributed by atoms with Gasteiger partial charge >= 0.3 is 0 Å². The zero-order valence-electron chi connectivity index (χ0n) is 20.6. The average Bonchev–Trinajstić information content (AvgIpc) is 2.99. The minimum Gasteiger partial charge on any atom is -0.246 e. The summed E-state index contributed by atoms with van der Waals surface area (Å²) in [4.78, 5) is 4.10. The van der Waals surface area contributed by atoms with Gasteiger partial charge in [-0.1, -0.05) is 103 Å². The van der Waals surface area contributed by atoms with E-state index < -0.39 is 0 Å². The molecule has 0 aliphatic heterocycles. The van der Waals surface area contributed by atoms with Crippen molar-refractivity contribution >= 4 is 32.3 Å². The van der Waals surface area contributed by atoms with E-state index in [0.29, 0.717) is 5.69 Å². The molecule has 0 bridgehead atoms. The summed E-state index contributed by atoms with van der Waals surface area (Å²) < 4.78 is 0. The zero-order valence-corrected chi connectivity index (χ0v) is 20.6. The van der Waals surface area contributed by atoms with Crippen molar-refractivity contribution in [2.75, 3.05) is 0 Å². The minimum absolute atomic E-state index is 0.427. The van der Waals surface area contributed by atoms with E-state index in [1.165, 1.54) is 49.2 Å². The molecule has 0 N–H and O–H groups in total. The van der Waals surface area contributed by atoms with Crippen LogP contribution in [0.15, 0.2) is 134 Å². The molecule has 0 spiro atoms. The Hall–Kier alpha value is -5.26. The topological polar surface area (TPSA) is 36.7 Å². The van der Waals surface area contributed by atoms with Crippen molar-refractivity contribution in [2.24, 2.45) is 0 Å². The van der Waals surface area contributed by atoms with Gasteiger partial charge in [-0.2, -0.15) is 5.26 Å². The largest absolute Gasteiger partial charge is 0.246 e. The van der Waals surface area contributed by atoms with Crippen molar-refractivity contribution in [1.82, 2.24) is 4.98 Å². The third kappa shape index (κ3) is 3.61. The Bertz CT molecular complexity index is 1970. The standard InChI is InChI=1S/C36H22N2/c37-23-30-22-28(18-19-38-30)26-14-15-27-21-29(17-16-25(27)20-26)36-33-12-6-4-10-31(33)35(24-8-2-1-3-9-24)32-11-5-7-13-34(32)36/h1-22H. The number of aromatic nitrogens is 1. The van der Waals surface area contributed by atoms with Crippen LogP contribution in [0.2, 0.25) is 0 Å². The van der Waals surface area contributed by atoms with Crippen molar-refractivity contribution in [3.05, 3.63) is 139 Å². The van der Waals surface area contributed by atoms with E-state index >= 15 is 0 Å². The molecule has 7 aromatic rings. The monoisotopic (exact) mass is 482 g/mol. The highest BCUT2D eigenvalue weighted by atomic mass is 14.7. The summed E-state index contributed by atoms with van der Waals surface area (Å²) in [6, 6.07) is 47.3. The van der Waals surface area contributed by atoms with Crippen molar-refractivity contribution in [2.45, 2.75) is 0 Å². The fourth-order valence-electron chi connectivity index (χ4n) is 5.61. The average molecular weight is 483 g/mol. The Kier molecular flexibility index (Phi) is 5.20. The number of pyridine rings is 1. The number of nitriles is 1. The normalized spacial score (nSPS) is 11.1. The van der Waals surface area contributed by atoms with Crippen LogP contribution in [0.1, 0.15) is 5.69 Å². The van der Waals surface area contributed by atoms with Gasteiger partial charge in [0.05, 0.1) is 0 Å². The van der Waals surface area contributed by atoms with Crippen LogP contribution >= 0.6 is 0 Å². The smallest absolute Gasteiger partial charge is 0.141 e. The first-order chi connectivity index (χ1) is 18.8. The lowest BCUT2D eigenvalue weighted by Crippen LogP contribution is -1.91. The van der Waals surface area contributed by atoms with Crippen LogP contribution < -0.4 is 0 Å². The second-order valence-corrected chi connectivity index (χ2v) is 9.53. The molecule has 0 atom stereocenters. The van der Waals surface area contributed by atoms with Crippen molar-refractivity contribution in [3.63, 3.8) is 0 Å². The van der Waals surface area contributed by atoms with Gasteiger partial charge in [0.25, 0.3) is 0 Å². The SMILES string of the molecule is N#Cc1cc(-c2ccc3cc(-c4c5ccccc5c(-c5ccccc5)c5ccccc45)ccc3c2)ccn1. The van der Waals surface area contributed by atoms with Gasteiger partial charge in [0, 0.05) is 6.20 Å². The van der Waals surface area contributed by atoms with Crippen LogP contribution in [-0.2, 0) is 0 Å². The maximum atomic E-state index is 9.24. The van der Waals surface area contributed by atoms with Gasteiger partial charge in [-0.3, -0.25) is 0 Å². The molecule has 0 fully saturated rings. The molecule has 0 amide bonds. The second kappa shape index (κ2) is 9.00. The lowest BCUT2D eigenvalue weighted by atomic mass is 9.85. The molecule has 0 aliphatic carbocycles. The Morgan fingerprint density at radius 2 is 0.947 bits per heavy atom. The molecule has 0 saturated carbocycles. The molecule has 0 radical (unpaired) electrons. The van der Waals surface area contributed by atoms with Gasteiger partial charge in [0.1, 0.15) is 11.8 Å². The molecule has 1 heterocycles. The molecule has 2 nitrogen and oxygen atoms in total. The molecule has 2 heteroatoms. The summed E-state index contributed by atoms with van der Waals surface area (Å²) in [5, 5.41) is 16.6. The summed E-state index contributed by atoms with van der Waals surface area (Å²) in [6.45, 7) is 0. The first kappa shape index (κ1) is 22.0. The molecule has 0 saturated heterocycles. The highest BCUT2D eigenvalue weighted by Gasteiger charge is 2.16. The fraction of sp³-hybridized carbons (Fsp3) is 0. The summed E-state index contributed by atoms with van der Waals surface area (Å²) in [7, 11) is 0. The van der Waals surface area contributed by atoms with E-state index in [1.807, 2.05) is 12.1 Å². The Labute approximate surface area is 221 Å². The quantitative estimate of drug-likeness (QED) is 0.235. The predicted molar refractivity (Wildman–Crippen MR) is 158 cm³/mol. The molecule has 1 aromatic heterocycles. The Morgan fingerprint density at radius 3 is 1.55 bits per heavy atom. The van der Waals surface area contributed by atoms with Crippen LogP contribution in [0, 0.1) is 11.3 Å². The zero-order chi connectivity index (χ0) is 25.5. The van der Waals surface area contributed by atoms with E-state index in [-0.39, 0.29) is 0 Å². The minimum atomic E-state index is 0.427. The summed E-state index contributed by atoms with van der Waals surface area (Å²) in [5.41, 5.74) is 7.47. The van der Waals surface area contributed by atoms with Gasteiger partial charge in [-0.15, -0.1) is 0 Å². The van der Waals surface area contributed by atoms with Gasteiger partial charge in [0.15, 0.2) is 0 Å². The number of rotatable bonds is 3. The predicted octanol–water partition coefficient (Wildman–Crippen LogP) is 9.41. The molecule has 7 rings (SSSR count). The Balaban J connectivity index is 1.46. The van der Waals surface area contributed by atoms with Crippen LogP contribution in [0.25, 0.3) is 65.7 Å². The number of fused-ring (bicyclic) bond motifs is 3. The molecule has 6 aromatic carbocycles. The van der Waals surface area contributed by atoms with Gasteiger partial charge in [0.2, 0.25) is 0 Å². The molecular weight excluding hydrogens is 460 g/mol. The van der Waals surface area contributed by atoms with E-state index in [4.69, 9.17) is 0 Å². The lowest BCUT2D eigenvalue weighted by molar-refractivity contribution is 1.27. The number of hydrogen-bond acceptors (Lipinski definition) is 2. The number of hydrogen-bond donors (Lipinski definition) is 0. The van der Waals surface area contributed by atoms with Gasteiger partial charge in [-0.05, 0) is 90.0 Å². The highest BCUT2D eigenvalue weighted by molar-refractivity contribution is 6.21. The van der Waals surface area contributed by atoms with E-state index in [1.54, 1.807) is 6.20 Å². The van der Waals surface area contributed by atoms with Crippen LogP contribution in [-0.4, -0.2) is 4.98 Å². The van der Waals surface area contributed by atoms with Crippen molar-refractivity contribution in [1.29, 1.82) is 5.26 Å². The number of benzene rings is 6. The van der Waals surface area contributed by atoms with Crippen LogP contribution in [0.4, 0.5) is 0 Å². The summed E-state index contributed by atoms with van der Waals surface area (Å²) >= 11 is 0. The molecule has 176 valence electrons. The molecular formula is C36H22N2. The van der Waals surface area contributed by atoms with Crippen LogP contribution in [0.5, 0.6) is 0 Å². The third-order valence-corrected chi connectivity index (χ3v) is 7.33. The summed E-state index contributed by atoms with van der Waals surface area (Å²) in [5.74, 6) is 0. The number of nitrogens with zero attached hydrogens (tertiary/aromatic N) is 2. The maximum absolute atomic E-state index is 9.24. The van der Waals surface area contributed by atoms with Crippen molar-refractivity contribution in [3.8, 4) is 39.4 Å². The lowest BCUT2D eigenvalue weighted by Gasteiger charge is -2.18. The third-order valence-electron chi connectivity index (χ3n) is 7.33. The van der Waals surface area contributed by atoms with Gasteiger partial charge < -0.3 is 0 Å². The highest BCUT2D eigenvalue weighted by Crippen LogP contribution is 2.44. The first-order valence-corrected chi connectivity index (χ1v) is 12.7. The first-order valence-electron chi connectivity index (χ1n) is 12.7. The molecule has 0 aliphatic rings. The summed E-state index contributed by atoms with van der Waals surface area (Å²) in [6.07, 6.45) is 1.69. The van der Waals surface area contributed by atoms with E-state index in [2.05, 4.69) is 126 Å².